The zero-order valence-corrected chi connectivity index (χ0v) is 7.10. The van der Waals surface area contributed by atoms with E-state index in [0.717, 1.165) is 0 Å². The van der Waals surface area contributed by atoms with Gasteiger partial charge in [-0.05, 0) is 12.1 Å². The molecule has 0 unspecified atom stereocenters. The highest BCUT2D eigenvalue weighted by Gasteiger charge is 2.01. The monoisotopic (exact) mass is 198 g/mol. The van der Waals surface area contributed by atoms with Crippen LogP contribution < -0.4 is 5.56 Å². The minimum atomic E-state index is -0.472. The van der Waals surface area contributed by atoms with E-state index in [4.69, 9.17) is 11.6 Å². The molecular formula is C8H4ClFN2O. The first-order valence-corrected chi connectivity index (χ1v) is 3.90. The van der Waals surface area contributed by atoms with Gasteiger partial charge in [0.05, 0.1) is 11.0 Å². The summed E-state index contributed by atoms with van der Waals surface area (Å²) in [7, 11) is 0. The zero-order chi connectivity index (χ0) is 9.42. The largest absolute Gasteiger partial charge is 0.318 e. The van der Waals surface area contributed by atoms with Gasteiger partial charge in [-0.25, -0.2) is 9.37 Å². The molecule has 0 spiro atoms. The summed E-state index contributed by atoms with van der Waals surface area (Å²) in [6, 6.07) is 3.89. The molecule has 0 saturated carbocycles. The van der Waals surface area contributed by atoms with Crippen molar-refractivity contribution in [3.8, 4) is 0 Å². The Bertz CT molecular complexity index is 523. The molecule has 0 atom stereocenters. The number of nitrogens with one attached hydrogen (secondary N) is 1. The average molecular weight is 199 g/mol. The summed E-state index contributed by atoms with van der Waals surface area (Å²) in [6.07, 6.45) is 0. The van der Waals surface area contributed by atoms with E-state index in [-0.39, 0.29) is 5.15 Å². The van der Waals surface area contributed by atoms with Gasteiger partial charge in [0.2, 0.25) is 0 Å². The van der Waals surface area contributed by atoms with Crippen LogP contribution in [0, 0.1) is 5.82 Å². The molecule has 0 bridgehead atoms. The Morgan fingerprint density at radius 2 is 2.23 bits per heavy atom. The number of aromatic nitrogens is 2. The van der Waals surface area contributed by atoms with E-state index in [1.165, 1.54) is 18.2 Å². The van der Waals surface area contributed by atoms with E-state index in [0.29, 0.717) is 11.0 Å². The average Bonchev–Trinajstić information content (AvgIpc) is 2.08. The summed E-state index contributed by atoms with van der Waals surface area (Å²) in [5, 5.41) is -0.182. The van der Waals surface area contributed by atoms with Gasteiger partial charge in [0.1, 0.15) is 5.82 Å². The van der Waals surface area contributed by atoms with Crippen molar-refractivity contribution in [2.24, 2.45) is 0 Å². The molecule has 0 fully saturated rings. The second kappa shape index (κ2) is 2.81. The topological polar surface area (TPSA) is 45.8 Å². The van der Waals surface area contributed by atoms with Crippen LogP contribution in [-0.2, 0) is 0 Å². The number of hydrogen-bond donors (Lipinski definition) is 1. The molecule has 0 aliphatic rings. The fraction of sp³-hybridized carbons (Fsp3) is 0. The fourth-order valence-electron chi connectivity index (χ4n) is 1.03. The highest BCUT2D eigenvalue weighted by atomic mass is 35.5. The highest BCUT2D eigenvalue weighted by molar-refractivity contribution is 6.29. The molecule has 2 aromatic rings. The summed E-state index contributed by atoms with van der Waals surface area (Å²) in [4.78, 5) is 17.2. The number of benzene rings is 1. The van der Waals surface area contributed by atoms with Gasteiger partial charge in [0, 0.05) is 6.07 Å². The van der Waals surface area contributed by atoms with Crippen molar-refractivity contribution >= 4 is 22.6 Å². The molecule has 1 N–H and O–H groups in total. The highest BCUT2D eigenvalue weighted by Crippen LogP contribution is 2.10. The summed E-state index contributed by atoms with van der Waals surface area (Å²) in [5.41, 5.74) is 0.334. The minimum Gasteiger partial charge on any atom is -0.318 e. The molecule has 0 radical (unpaired) electrons. The summed E-state index contributed by atoms with van der Waals surface area (Å²) in [5.74, 6) is -0.414. The van der Waals surface area contributed by atoms with Crippen LogP contribution in [0.3, 0.4) is 0 Å². The van der Waals surface area contributed by atoms with Crippen LogP contribution in [0.1, 0.15) is 0 Å². The van der Waals surface area contributed by atoms with E-state index < -0.39 is 11.4 Å². The van der Waals surface area contributed by atoms with Gasteiger partial charge < -0.3 is 4.98 Å². The Kier molecular flexibility index (Phi) is 1.77. The van der Waals surface area contributed by atoms with Gasteiger partial charge in [0.15, 0.2) is 5.15 Å². The number of aromatic amines is 1. The molecule has 0 aliphatic carbocycles. The third-order valence-corrected chi connectivity index (χ3v) is 1.87. The van der Waals surface area contributed by atoms with Gasteiger partial charge >= 0.3 is 0 Å². The Labute approximate surface area is 77.2 Å². The van der Waals surface area contributed by atoms with Crippen LogP contribution in [0.15, 0.2) is 23.0 Å². The maximum absolute atomic E-state index is 12.7. The lowest BCUT2D eigenvalue weighted by molar-refractivity contribution is 0.629. The standard InChI is InChI=1S/C8H4ClFN2O/c9-7-8(13)12-5-2-1-4(10)3-6(5)11-7/h1-3H,(H,12,13). The van der Waals surface area contributed by atoms with Crippen molar-refractivity contribution in [1.29, 1.82) is 0 Å². The third kappa shape index (κ3) is 1.40. The van der Waals surface area contributed by atoms with E-state index in [1.54, 1.807) is 0 Å². The molecule has 13 heavy (non-hydrogen) atoms. The van der Waals surface area contributed by atoms with Crippen molar-refractivity contribution in [2.45, 2.75) is 0 Å². The molecule has 1 aromatic heterocycles. The summed E-state index contributed by atoms with van der Waals surface area (Å²) < 4.78 is 12.7. The lowest BCUT2D eigenvalue weighted by Crippen LogP contribution is -2.08. The van der Waals surface area contributed by atoms with Crippen LogP contribution >= 0.6 is 11.6 Å². The first kappa shape index (κ1) is 8.19. The fourth-order valence-corrected chi connectivity index (χ4v) is 1.17. The second-order valence-corrected chi connectivity index (χ2v) is 2.88. The predicted octanol–water partition coefficient (Wildman–Crippen LogP) is 1.72. The van der Waals surface area contributed by atoms with Crippen molar-refractivity contribution in [3.05, 3.63) is 39.5 Å². The first-order chi connectivity index (χ1) is 6.16. The number of hydrogen-bond acceptors (Lipinski definition) is 2. The first-order valence-electron chi connectivity index (χ1n) is 3.52. The van der Waals surface area contributed by atoms with Crippen LogP contribution in [-0.4, -0.2) is 9.97 Å². The van der Waals surface area contributed by atoms with Crippen LogP contribution in [0.4, 0.5) is 4.39 Å². The van der Waals surface area contributed by atoms with Crippen LogP contribution in [0.25, 0.3) is 11.0 Å². The maximum Gasteiger partial charge on any atom is 0.286 e. The van der Waals surface area contributed by atoms with E-state index in [2.05, 4.69) is 9.97 Å². The Morgan fingerprint density at radius 1 is 1.46 bits per heavy atom. The lowest BCUT2D eigenvalue weighted by Gasteiger charge is -1.96. The minimum absolute atomic E-state index is 0.182. The number of nitrogens with zero attached hydrogens (tertiary/aromatic N) is 1. The molecular weight excluding hydrogens is 195 g/mol. The SMILES string of the molecule is O=c1[nH]c2ccc(F)cc2nc1Cl. The number of fused-ring (bicyclic) bond motifs is 1. The molecule has 0 aliphatic heterocycles. The van der Waals surface area contributed by atoms with Gasteiger partial charge in [-0.2, -0.15) is 0 Å². The Morgan fingerprint density at radius 3 is 3.00 bits per heavy atom. The second-order valence-electron chi connectivity index (χ2n) is 2.52. The van der Waals surface area contributed by atoms with Gasteiger partial charge in [-0.1, -0.05) is 11.6 Å². The molecule has 0 amide bonds. The molecule has 3 nitrogen and oxygen atoms in total. The van der Waals surface area contributed by atoms with Gasteiger partial charge in [0.25, 0.3) is 5.56 Å². The van der Waals surface area contributed by atoms with Crippen LogP contribution in [0.5, 0.6) is 0 Å². The molecule has 5 heteroatoms. The Hall–Kier alpha value is -1.42. The number of halogens is 2. The predicted molar refractivity (Wildman–Crippen MR) is 47.3 cm³/mol. The van der Waals surface area contributed by atoms with Crippen molar-refractivity contribution in [1.82, 2.24) is 9.97 Å². The maximum atomic E-state index is 12.7. The number of H-pyrrole nitrogens is 1. The quantitative estimate of drug-likeness (QED) is 0.701. The molecule has 2 rings (SSSR count). The lowest BCUT2D eigenvalue weighted by atomic mass is 10.3. The van der Waals surface area contributed by atoms with Crippen LogP contribution in [0.2, 0.25) is 5.15 Å². The summed E-state index contributed by atoms with van der Waals surface area (Å²) in [6.45, 7) is 0. The molecule has 66 valence electrons. The van der Waals surface area contributed by atoms with E-state index in [1.807, 2.05) is 0 Å². The van der Waals surface area contributed by atoms with Crippen molar-refractivity contribution < 1.29 is 4.39 Å². The molecule has 1 aromatic carbocycles. The number of rotatable bonds is 0. The smallest absolute Gasteiger partial charge is 0.286 e. The third-order valence-electron chi connectivity index (χ3n) is 1.61. The van der Waals surface area contributed by atoms with Gasteiger partial charge in [-0.15, -0.1) is 0 Å². The summed E-state index contributed by atoms with van der Waals surface area (Å²) >= 11 is 5.46. The molecule has 0 saturated heterocycles. The van der Waals surface area contributed by atoms with E-state index >= 15 is 0 Å². The van der Waals surface area contributed by atoms with Gasteiger partial charge in [-0.3, -0.25) is 4.79 Å². The van der Waals surface area contributed by atoms with Crippen molar-refractivity contribution in [3.63, 3.8) is 0 Å². The molecule has 1 heterocycles. The zero-order valence-electron chi connectivity index (χ0n) is 6.34. The van der Waals surface area contributed by atoms with Crippen molar-refractivity contribution in [2.75, 3.05) is 0 Å². The Balaban J connectivity index is 2.89. The van der Waals surface area contributed by atoms with E-state index in [9.17, 15) is 9.18 Å². The normalized spacial score (nSPS) is 10.6.